The predicted molar refractivity (Wildman–Crippen MR) is 96.0 cm³/mol. The number of hydrogen-bond donors (Lipinski definition) is 2. The first-order valence-corrected chi connectivity index (χ1v) is 9.54. The molecule has 0 saturated heterocycles. The van der Waals surface area contributed by atoms with Gasteiger partial charge in [-0.15, -0.1) is 0 Å². The summed E-state index contributed by atoms with van der Waals surface area (Å²) in [6.45, 7) is 2.59. The highest BCUT2D eigenvalue weighted by Gasteiger charge is 2.28. The van der Waals surface area contributed by atoms with E-state index >= 15 is 0 Å². The number of carbonyl (C=O) groups excluding carboxylic acids is 2. The third-order valence-corrected chi connectivity index (χ3v) is 5.24. The number of hydroxylamine groups is 2. The zero-order valence-electron chi connectivity index (χ0n) is 15.7. The molecule has 2 aromatic rings. The highest BCUT2D eigenvalue weighted by Crippen LogP contribution is 2.18. The summed E-state index contributed by atoms with van der Waals surface area (Å²) in [6, 6.07) is 5.21. The van der Waals surface area contributed by atoms with Gasteiger partial charge >= 0.3 is 0 Å². The average molecular weight is 427 g/mol. The second-order valence-corrected chi connectivity index (χ2v) is 7.42. The highest BCUT2D eigenvalue weighted by molar-refractivity contribution is 7.90. The Morgan fingerprint density at radius 3 is 2.45 bits per heavy atom. The van der Waals surface area contributed by atoms with Gasteiger partial charge in [0.15, 0.2) is 16.4 Å². The summed E-state index contributed by atoms with van der Waals surface area (Å²) >= 11 is 0. The smallest absolute Gasteiger partial charge is 0.300 e. The molecule has 2 N–H and O–H groups in total. The summed E-state index contributed by atoms with van der Waals surface area (Å²) in [6.07, 6.45) is 0.491. The summed E-state index contributed by atoms with van der Waals surface area (Å²) in [5, 5.41) is 14.1. The maximum atomic E-state index is 13.0. The lowest BCUT2D eigenvalue weighted by atomic mass is 10.2. The minimum absolute atomic E-state index is 0.0206. The Hall–Kier alpha value is -3.25. The largest absolute Gasteiger partial charge is 0.503 e. The number of rotatable bonds is 7. The number of carbonyl (C=O) groups is 2. The number of aliphatic hydroxyl groups excluding tert-OH is 1. The lowest BCUT2D eigenvalue weighted by molar-refractivity contribution is -0.173. The van der Waals surface area contributed by atoms with Crippen LogP contribution in [0.1, 0.15) is 17.0 Å². The standard InChI is InChI=1S/C17H18FN3O7S/c1-10-16(11(2)28-19-10)29(25,26)20-17(24)14(22)8-15(23)21(27-3)9-12-4-6-13(18)7-5-12/h4-8,22H,9H2,1-3H3,(H,20,24). The van der Waals surface area contributed by atoms with E-state index in [9.17, 15) is 27.5 Å². The number of aromatic nitrogens is 1. The molecule has 0 aliphatic carbocycles. The lowest BCUT2D eigenvalue weighted by Crippen LogP contribution is -2.34. The number of amides is 2. The number of benzene rings is 1. The molecule has 0 saturated carbocycles. The molecule has 0 bridgehead atoms. The lowest BCUT2D eigenvalue weighted by Gasteiger charge is -2.18. The summed E-state index contributed by atoms with van der Waals surface area (Å²) in [5.41, 5.74) is 0.534. The van der Waals surface area contributed by atoms with E-state index in [1.807, 2.05) is 0 Å². The summed E-state index contributed by atoms with van der Waals surface area (Å²) < 4.78 is 43.9. The number of halogens is 1. The first-order valence-electron chi connectivity index (χ1n) is 8.06. The summed E-state index contributed by atoms with van der Waals surface area (Å²) in [7, 11) is -3.21. The van der Waals surface area contributed by atoms with Crippen molar-refractivity contribution in [1.29, 1.82) is 0 Å². The monoisotopic (exact) mass is 427 g/mol. The minimum atomic E-state index is -4.39. The van der Waals surface area contributed by atoms with Gasteiger partial charge in [0.25, 0.3) is 21.8 Å². The Balaban J connectivity index is 2.12. The Bertz CT molecular complexity index is 1030. The van der Waals surface area contributed by atoms with Crippen LogP contribution in [-0.4, -0.2) is 42.7 Å². The molecule has 2 rings (SSSR count). The Morgan fingerprint density at radius 1 is 1.31 bits per heavy atom. The number of sulfonamides is 1. The average Bonchev–Trinajstić information content (AvgIpc) is 2.99. The van der Waals surface area contributed by atoms with E-state index in [0.717, 1.165) is 5.06 Å². The van der Waals surface area contributed by atoms with Crippen molar-refractivity contribution in [3.63, 3.8) is 0 Å². The second kappa shape index (κ2) is 8.84. The molecule has 0 aliphatic rings. The van der Waals surface area contributed by atoms with Gasteiger partial charge in [0, 0.05) is 0 Å². The van der Waals surface area contributed by atoms with Gasteiger partial charge in [-0.05, 0) is 31.5 Å². The third-order valence-electron chi connectivity index (χ3n) is 3.66. The molecule has 1 heterocycles. The molecule has 0 spiro atoms. The quantitative estimate of drug-likeness (QED) is 0.383. The van der Waals surface area contributed by atoms with Crippen molar-refractivity contribution in [2.24, 2.45) is 0 Å². The van der Waals surface area contributed by atoms with E-state index in [2.05, 4.69) is 5.16 Å². The topological polar surface area (TPSA) is 139 Å². The van der Waals surface area contributed by atoms with Crippen LogP contribution in [0.5, 0.6) is 0 Å². The van der Waals surface area contributed by atoms with Crippen LogP contribution in [0.25, 0.3) is 0 Å². The molecule has 2 amide bonds. The third kappa shape index (κ3) is 5.39. The van der Waals surface area contributed by atoms with Crippen molar-refractivity contribution in [1.82, 2.24) is 14.9 Å². The first-order chi connectivity index (χ1) is 13.5. The molecule has 0 atom stereocenters. The van der Waals surface area contributed by atoms with Gasteiger partial charge in [0.2, 0.25) is 0 Å². The van der Waals surface area contributed by atoms with Crippen molar-refractivity contribution < 1.29 is 36.9 Å². The van der Waals surface area contributed by atoms with Gasteiger partial charge in [0.05, 0.1) is 19.7 Å². The van der Waals surface area contributed by atoms with Gasteiger partial charge in [-0.3, -0.25) is 14.4 Å². The van der Waals surface area contributed by atoms with Crippen LogP contribution in [0.3, 0.4) is 0 Å². The van der Waals surface area contributed by atoms with E-state index in [1.165, 1.54) is 45.2 Å². The first kappa shape index (κ1) is 22.0. The molecular formula is C17H18FN3O7S. The van der Waals surface area contributed by atoms with Gasteiger partial charge in [-0.25, -0.2) is 22.6 Å². The van der Waals surface area contributed by atoms with Gasteiger partial charge in [-0.2, -0.15) is 0 Å². The molecule has 1 aromatic heterocycles. The number of aryl methyl sites for hydroxylation is 2. The molecule has 29 heavy (non-hydrogen) atoms. The van der Waals surface area contributed by atoms with Gasteiger partial charge in [0.1, 0.15) is 11.5 Å². The summed E-state index contributed by atoms with van der Waals surface area (Å²) in [4.78, 5) is 28.7. The fraction of sp³-hybridized carbons (Fsp3) is 0.235. The fourth-order valence-electron chi connectivity index (χ4n) is 2.33. The van der Waals surface area contributed by atoms with E-state index in [1.54, 1.807) is 4.72 Å². The van der Waals surface area contributed by atoms with Crippen LogP contribution in [0, 0.1) is 19.7 Å². The van der Waals surface area contributed by atoms with E-state index in [-0.39, 0.29) is 22.9 Å². The highest BCUT2D eigenvalue weighted by atomic mass is 32.2. The fourth-order valence-corrected chi connectivity index (χ4v) is 3.62. The van der Waals surface area contributed by atoms with Crippen LogP contribution in [0.4, 0.5) is 4.39 Å². The molecule has 156 valence electrons. The van der Waals surface area contributed by atoms with Gasteiger partial charge < -0.3 is 9.63 Å². The van der Waals surface area contributed by atoms with Crippen LogP contribution >= 0.6 is 0 Å². The molecule has 1 aromatic carbocycles. The van der Waals surface area contributed by atoms with E-state index < -0.39 is 33.4 Å². The summed E-state index contributed by atoms with van der Waals surface area (Å²) in [5.74, 6) is -4.05. The maximum Gasteiger partial charge on any atom is 0.300 e. The van der Waals surface area contributed by atoms with Crippen LogP contribution in [-0.2, 0) is 31.0 Å². The molecule has 0 unspecified atom stereocenters. The Morgan fingerprint density at radius 2 is 1.93 bits per heavy atom. The number of nitrogens with one attached hydrogen (secondary N) is 1. The normalized spacial score (nSPS) is 11.9. The minimum Gasteiger partial charge on any atom is -0.503 e. The SMILES string of the molecule is CON(Cc1ccc(F)cc1)C(=O)C=C(O)C(=O)NS(=O)(=O)c1c(C)noc1C. The van der Waals surface area contributed by atoms with Crippen molar-refractivity contribution in [2.75, 3.05) is 7.11 Å². The second-order valence-electron chi connectivity index (χ2n) is 5.80. The molecule has 10 nitrogen and oxygen atoms in total. The van der Waals surface area contributed by atoms with Crippen LogP contribution in [0.15, 0.2) is 45.5 Å². The van der Waals surface area contributed by atoms with Crippen LogP contribution in [0.2, 0.25) is 0 Å². The number of aliphatic hydroxyl groups is 1. The predicted octanol–water partition coefficient (Wildman–Crippen LogP) is 1.27. The molecule has 12 heteroatoms. The zero-order chi connectivity index (χ0) is 21.8. The molecule has 0 fully saturated rings. The Kier molecular flexibility index (Phi) is 6.72. The van der Waals surface area contributed by atoms with E-state index in [4.69, 9.17) is 9.36 Å². The van der Waals surface area contributed by atoms with Crippen molar-refractivity contribution in [2.45, 2.75) is 25.3 Å². The van der Waals surface area contributed by atoms with Crippen molar-refractivity contribution in [3.8, 4) is 0 Å². The van der Waals surface area contributed by atoms with Crippen LogP contribution < -0.4 is 4.72 Å². The maximum absolute atomic E-state index is 13.0. The molecule has 0 aliphatic heterocycles. The Labute approximate surface area is 165 Å². The zero-order valence-corrected chi connectivity index (χ0v) is 16.5. The number of hydrogen-bond acceptors (Lipinski definition) is 8. The molecular weight excluding hydrogens is 409 g/mol. The number of nitrogens with zero attached hydrogens (tertiary/aromatic N) is 2. The van der Waals surface area contributed by atoms with Crippen molar-refractivity contribution >= 4 is 21.8 Å². The van der Waals surface area contributed by atoms with Gasteiger partial charge in [-0.1, -0.05) is 17.3 Å². The molecule has 0 radical (unpaired) electrons. The van der Waals surface area contributed by atoms with E-state index in [0.29, 0.717) is 11.6 Å². The van der Waals surface area contributed by atoms with Crippen molar-refractivity contribution in [3.05, 3.63) is 58.9 Å².